The Bertz CT molecular complexity index is 495. The number of aromatic nitrogens is 2. The quantitative estimate of drug-likeness (QED) is 0.789. The number of rotatable bonds is 1. The molecular formula is C13H17N3. The number of piperidine rings is 1. The molecule has 3 rings (SSSR count). The van der Waals surface area contributed by atoms with Crippen molar-refractivity contribution in [1.29, 1.82) is 0 Å². The van der Waals surface area contributed by atoms with Crippen molar-refractivity contribution in [2.75, 3.05) is 13.1 Å². The second kappa shape index (κ2) is 3.91. The highest BCUT2D eigenvalue weighted by Crippen LogP contribution is 2.27. The van der Waals surface area contributed by atoms with E-state index in [1.807, 2.05) is 6.33 Å². The molecule has 0 amide bonds. The van der Waals surface area contributed by atoms with E-state index in [1.54, 1.807) is 0 Å². The summed E-state index contributed by atoms with van der Waals surface area (Å²) in [6.45, 7) is 4.36. The first-order valence-electron chi connectivity index (χ1n) is 5.98. The Morgan fingerprint density at radius 3 is 2.94 bits per heavy atom. The minimum absolute atomic E-state index is 0.633. The third-order valence-electron chi connectivity index (χ3n) is 3.43. The number of hydrogen-bond donors (Lipinski definition) is 1. The molecule has 1 fully saturated rings. The highest BCUT2D eigenvalue weighted by Gasteiger charge is 2.19. The smallest absolute Gasteiger partial charge is 0.0995 e. The number of pyridine rings is 1. The van der Waals surface area contributed by atoms with Crippen molar-refractivity contribution < 1.29 is 0 Å². The van der Waals surface area contributed by atoms with Gasteiger partial charge in [0, 0.05) is 12.1 Å². The van der Waals surface area contributed by atoms with Crippen LogP contribution in [0.3, 0.4) is 0 Å². The number of hydrogen-bond acceptors (Lipinski definition) is 2. The van der Waals surface area contributed by atoms with Gasteiger partial charge in [0.15, 0.2) is 0 Å². The normalized spacial score (nSPS) is 18.1. The van der Waals surface area contributed by atoms with Crippen molar-refractivity contribution >= 4 is 5.52 Å². The predicted molar refractivity (Wildman–Crippen MR) is 64.8 cm³/mol. The lowest BCUT2D eigenvalue weighted by molar-refractivity contribution is 0.456. The standard InChI is InChI=1S/C13H17N3/c1-10-2-3-12-13(15-9-16(12)8-10)11-4-6-14-7-5-11/h2-3,8-9,11,14H,4-7H2,1H3. The van der Waals surface area contributed by atoms with Crippen molar-refractivity contribution in [3.8, 4) is 0 Å². The molecule has 0 spiro atoms. The van der Waals surface area contributed by atoms with E-state index in [9.17, 15) is 0 Å². The van der Waals surface area contributed by atoms with Gasteiger partial charge in [-0.1, -0.05) is 6.07 Å². The number of aryl methyl sites for hydroxylation is 1. The van der Waals surface area contributed by atoms with E-state index in [0.29, 0.717) is 5.92 Å². The van der Waals surface area contributed by atoms with Gasteiger partial charge in [0.2, 0.25) is 0 Å². The molecular weight excluding hydrogens is 198 g/mol. The lowest BCUT2D eigenvalue weighted by atomic mass is 9.94. The molecule has 1 saturated heterocycles. The van der Waals surface area contributed by atoms with Crippen LogP contribution in [0.2, 0.25) is 0 Å². The van der Waals surface area contributed by atoms with Crippen LogP contribution in [0.25, 0.3) is 5.52 Å². The van der Waals surface area contributed by atoms with Crippen molar-refractivity contribution in [1.82, 2.24) is 14.7 Å². The van der Waals surface area contributed by atoms with E-state index in [2.05, 4.69) is 40.0 Å². The highest BCUT2D eigenvalue weighted by molar-refractivity contribution is 5.54. The lowest BCUT2D eigenvalue weighted by Gasteiger charge is -2.21. The Labute approximate surface area is 95.5 Å². The Morgan fingerprint density at radius 2 is 2.12 bits per heavy atom. The molecule has 16 heavy (non-hydrogen) atoms. The Hall–Kier alpha value is -1.35. The monoisotopic (exact) mass is 215 g/mol. The Balaban J connectivity index is 2.03. The van der Waals surface area contributed by atoms with Gasteiger partial charge in [-0.15, -0.1) is 0 Å². The maximum Gasteiger partial charge on any atom is 0.0995 e. The maximum atomic E-state index is 4.60. The van der Waals surface area contributed by atoms with Gasteiger partial charge in [0.1, 0.15) is 0 Å². The van der Waals surface area contributed by atoms with Crippen LogP contribution in [0, 0.1) is 6.92 Å². The Kier molecular flexibility index (Phi) is 2.40. The summed E-state index contributed by atoms with van der Waals surface area (Å²) in [6, 6.07) is 4.36. The van der Waals surface area contributed by atoms with Gasteiger partial charge >= 0.3 is 0 Å². The van der Waals surface area contributed by atoms with Gasteiger partial charge in [-0.25, -0.2) is 4.98 Å². The van der Waals surface area contributed by atoms with E-state index in [-0.39, 0.29) is 0 Å². The third-order valence-corrected chi connectivity index (χ3v) is 3.43. The van der Waals surface area contributed by atoms with Crippen LogP contribution in [-0.2, 0) is 0 Å². The van der Waals surface area contributed by atoms with Crippen LogP contribution in [0.15, 0.2) is 24.7 Å². The number of nitrogens with one attached hydrogen (secondary N) is 1. The summed E-state index contributed by atoms with van der Waals surface area (Å²) >= 11 is 0. The molecule has 0 radical (unpaired) electrons. The molecule has 0 atom stereocenters. The number of imidazole rings is 1. The van der Waals surface area contributed by atoms with E-state index in [1.165, 1.54) is 29.6 Å². The zero-order chi connectivity index (χ0) is 11.0. The molecule has 2 aromatic rings. The van der Waals surface area contributed by atoms with Gasteiger partial charge < -0.3 is 9.72 Å². The summed E-state index contributed by atoms with van der Waals surface area (Å²) in [5.41, 5.74) is 3.83. The van der Waals surface area contributed by atoms with Crippen molar-refractivity contribution in [2.24, 2.45) is 0 Å². The maximum absolute atomic E-state index is 4.60. The summed E-state index contributed by atoms with van der Waals surface area (Å²) in [5.74, 6) is 0.633. The van der Waals surface area contributed by atoms with Crippen LogP contribution < -0.4 is 5.32 Å². The molecule has 3 heterocycles. The van der Waals surface area contributed by atoms with Crippen molar-refractivity contribution in [3.63, 3.8) is 0 Å². The second-order valence-electron chi connectivity index (χ2n) is 4.65. The second-order valence-corrected chi connectivity index (χ2v) is 4.65. The average Bonchev–Trinajstić information content (AvgIpc) is 2.73. The van der Waals surface area contributed by atoms with E-state index in [0.717, 1.165) is 13.1 Å². The molecule has 1 N–H and O–H groups in total. The zero-order valence-electron chi connectivity index (χ0n) is 9.61. The lowest BCUT2D eigenvalue weighted by Crippen LogP contribution is -2.26. The van der Waals surface area contributed by atoms with E-state index in [4.69, 9.17) is 0 Å². The van der Waals surface area contributed by atoms with Gasteiger partial charge in [-0.05, 0) is 44.5 Å². The van der Waals surface area contributed by atoms with Gasteiger partial charge in [0.05, 0.1) is 17.5 Å². The SMILES string of the molecule is Cc1ccc2c(C3CCNCC3)ncn2c1. The molecule has 0 aromatic carbocycles. The summed E-state index contributed by atoms with van der Waals surface area (Å²) in [5, 5.41) is 3.40. The van der Waals surface area contributed by atoms with Crippen LogP contribution in [0.1, 0.15) is 30.0 Å². The topological polar surface area (TPSA) is 29.3 Å². The molecule has 3 heteroatoms. The fraction of sp³-hybridized carbons (Fsp3) is 0.462. The summed E-state index contributed by atoms with van der Waals surface area (Å²) in [6.07, 6.45) is 6.51. The third kappa shape index (κ3) is 1.61. The van der Waals surface area contributed by atoms with Crippen molar-refractivity contribution in [2.45, 2.75) is 25.7 Å². The Morgan fingerprint density at radius 1 is 1.31 bits per heavy atom. The summed E-state index contributed by atoms with van der Waals surface area (Å²) in [7, 11) is 0. The van der Waals surface area contributed by atoms with Crippen LogP contribution >= 0.6 is 0 Å². The number of nitrogens with zero attached hydrogens (tertiary/aromatic N) is 2. The number of fused-ring (bicyclic) bond motifs is 1. The first-order valence-corrected chi connectivity index (χ1v) is 5.98. The molecule has 0 saturated carbocycles. The fourth-order valence-electron chi connectivity index (χ4n) is 2.54. The van der Waals surface area contributed by atoms with Gasteiger partial charge in [0.25, 0.3) is 0 Å². The first kappa shape index (κ1) is 9.85. The molecule has 1 aliphatic rings. The fourth-order valence-corrected chi connectivity index (χ4v) is 2.54. The molecule has 0 bridgehead atoms. The zero-order valence-corrected chi connectivity index (χ0v) is 9.61. The highest BCUT2D eigenvalue weighted by atomic mass is 15.0. The first-order chi connectivity index (χ1) is 7.84. The van der Waals surface area contributed by atoms with Crippen molar-refractivity contribution in [3.05, 3.63) is 35.9 Å². The molecule has 84 valence electrons. The molecule has 1 aliphatic heterocycles. The van der Waals surface area contributed by atoms with Crippen LogP contribution in [-0.4, -0.2) is 22.5 Å². The molecule has 3 nitrogen and oxygen atoms in total. The molecule has 2 aromatic heterocycles. The largest absolute Gasteiger partial charge is 0.317 e. The summed E-state index contributed by atoms with van der Waals surface area (Å²) < 4.78 is 2.15. The van der Waals surface area contributed by atoms with Gasteiger partial charge in [-0.3, -0.25) is 0 Å². The predicted octanol–water partition coefficient (Wildman–Crippen LogP) is 2.11. The molecule has 0 aliphatic carbocycles. The van der Waals surface area contributed by atoms with E-state index >= 15 is 0 Å². The molecule has 0 unspecified atom stereocenters. The minimum Gasteiger partial charge on any atom is -0.317 e. The van der Waals surface area contributed by atoms with Crippen LogP contribution in [0.4, 0.5) is 0 Å². The van der Waals surface area contributed by atoms with Crippen LogP contribution in [0.5, 0.6) is 0 Å². The van der Waals surface area contributed by atoms with E-state index < -0.39 is 0 Å². The summed E-state index contributed by atoms with van der Waals surface area (Å²) in [4.78, 5) is 4.60. The van der Waals surface area contributed by atoms with Gasteiger partial charge in [-0.2, -0.15) is 0 Å². The minimum atomic E-state index is 0.633. The average molecular weight is 215 g/mol.